The summed E-state index contributed by atoms with van der Waals surface area (Å²) >= 11 is 6.22. The Morgan fingerprint density at radius 3 is 2.47 bits per heavy atom. The number of carbonyl (C=O) groups is 3. The average molecular weight is 530 g/mol. The molecule has 38 heavy (non-hydrogen) atoms. The number of rotatable bonds is 7. The van der Waals surface area contributed by atoms with Gasteiger partial charge in [0.05, 0.1) is 19.3 Å². The summed E-state index contributed by atoms with van der Waals surface area (Å²) in [4.78, 5) is 39.6. The number of urea groups is 1. The summed E-state index contributed by atoms with van der Waals surface area (Å²) in [5.74, 6) is -0.203. The number of aryl methyl sites for hydroxylation is 1. The van der Waals surface area contributed by atoms with Crippen molar-refractivity contribution in [3.63, 3.8) is 0 Å². The van der Waals surface area contributed by atoms with Gasteiger partial charge in [0.1, 0.15) is 12.2 Å². The van der Waals surface area contributed by atoms with Crippen LogP contribution in [0.3, 0.4) is 0 Å². The van der Waals surface area contributed by atoms with Crippen molar-refractivity contribution in [2.45, 2.75) is 13.5 Å². The first-order valence-corrected chi connectivity index (χ1v) is 12.3. The van der Waals surface area contributed by atoms with Gasteiger partial charge in [0.15, 0.2) is 11.5 Å². The van der Waals surface area contributed by atoms with Crippen LogP contribution in [-0.2, 0) is 16.1 Å². The number of anilines is 1. The zero-order chi connectivity index (χ0) is 26.8. The van der Waals surface area contributed by atoms with E-state index in [-0.39, 0.29) is 11.3 Å². The van der Waals surface area contributed by atoms with Gasteiger partial charge < -0.3 is 14.0 Å². The molecule has 1 saturated heterocycles. The average Bonchev–Trinajstić information content (AvgIpc) is 3.26. The molecule has 1 aliphatic heterocycles. The minimum Gasteiger partial charge on any atom is -0.493 e. The van der Waals surface area contributed by atoms with Gasteiger partial charge >= 0.3 is 6.03 Å². The molecule has 0 aliphatic carbocycles. The summed E-state index contributed by atoms with van der Waals surface area (Å²) in [6, 6.07) is 19.1. The number of nitrogens with one attached hydrogen (secondary N) is 1. The van der Waals surface area contributed by atoms with Crippen LogP contribution in [0.5, 0.6) is 11.5 Å². The Morgan fingerprint density at radius 1 is 0.974 bits per heavy atom. The summed E-state index contributed by atoms with van der Waals surface area (Å²) in [5.41, 5.74) is 2.49. The third-order valence-corrected chi connectivity index (χ3v) is 6.70. The highest BCUT2D eigenvalue weighted by Crippen LogP contribution is 2.29. The summed E-state index contributed by atoms with van der Waals surface area (Å²) in [6.45, 7) is 2.69. The van der Waals surface area contributed by atoms with Crippen LogP contribution in [-0.4, -0.2) is 36.1 Å². The number of hydrogen-bond donors (Lipinski definition) is 1. The van der Waals surface area contributed by atoms with Crippen LogP contribution in [0.15, 0.2) is 78.5 Å². The van der Waals surface area contributed by atoms with Crippen molar-refractivity contribution in [3.05, 3.63) is 94.6 Å². The predicted molar refractivity (Wildman–Crippen MR) is 146 cm³/mol. The summed E-state index contributed by atoms with van der Waals surface area (Å²) in [7, 11) is 1.59. The molecule has 1 N–H and O–H groups in total. The first kappa shape index (κ1) is 25.1. The largest absolute Gasteiger partial charge is 0.493 e. The van der Waals surface area contributed by atoms with Crippen molar-refractivity contribution in [2.24, 2.45) is 0 Å². The van der Waals surface area contributed by atoms with E-state index in [0.29, 0.717) is 35.2 Å². The number of imide groups is 2. The van der Waals surface area contributed by atoms with E-state index in [0.717, 1.165) is 21.4 Å². The Bertz CT molecular complexity index is 1610. The molecule has 0 atom stereocenters. The fourth-order valence-electron chi connectivity index (χ4n) is 4.34. The quantitative estimate of drug-likeness (QED) is 0.257. The van der Waals surface area contributed by atoms with Gasteiger partial charge in [-0.15, -0.1) is 0 Å². The Hall–Kier alpha value is -4.56. The Balaban J connectivity index is 1.45. The molecular formula is C29H24ClN3O5. The molecule has 0 radical (unpaired) electrons. The molecular weight excluding hydrogens is 506 g/mol. The Morgan fingerprint density at radius 2 is 1.71 bits per heavy atom. The van der Waals surface area contributed by atoms with Crippen molar-refractivity contribution in [1.29, 1.82) is 0 Å². The minimum atomic E-state index is -0.826. The normalized spacial score (nSPS) is 14.8. The lowest BCUT2D eigenvalue weighted by molar-refractivity contribution is -0.122. The minimum absolute atomic E-state index is 0.158. The van der Waals surface area contributed by atoms with Crippen LogP contribution in [0.2, 0.25) is 5.02 Å². The van der Waals surface area contributed by atoms with Crippen LogP contribution in [0.4, 0.5) is 10.5 Å². The number of fused-ring (bicyclic) bond motifs is 1. The van der Waals surface area contributed by atoms with Gasteiger partial charge in [-0.05, 0) is 48.9 Å². The zero-order valence-electron chi connectivity index (χ0n) is 20.7. The van der Waals surface area contributed by atoms with E-state index in [1.165, 1.54) is 12.1 Å². The highest BCUT2D eigenvalue weighted by Gasteiger charge is 2.37. The van der Waals surface area contributed by atoms with Crippen LogP contribution in [0.25, 0.3) is 17.0 Å². The molecule has 0 unspecified atom stereocenters. The Kier molecular flexibility index (Phi) is 6.89. The number of nitrogens with zero attached hydrogens (tertiary/aromatic N) is 2. The van der Waals surface area contributed by atoms with Crippen LogP contribution < -0.4 is 19.7 Å². The lowest BCUT2D eigenvalue weighted by atomic mass is 10.1. The fourth-order valence-corrected chi connectivity index (χ4v) is 4.51. The number of amides is 4. The summed E-state index contributed by atoms with van der Waals surface area (Å²) in [5, 5.41) is 3.51. The molecule has 1 aromatic heterocycles. The zero-order valence-corrected chi connectivity index (χ0v) is 21.5. The molecule has 4 amide bonds. The van der Waals surface area contributed by atoms with Crippen LogP contribution >= 0.6 is 11.6 Å². The van der Waals surface area contributed by atoms with Crippen LogP contribution in [0.1, 0.15) is 11.1 Å². The molecule has 1 aliphatic rings. The second kappa shape index (κ2) is 10.4. The second-order valence-corrected chi connectivity index (χ2v) is 9.09. The molecule has 0 saturated carbocycles. The number of hydrogen-bond acceptors (Lipinski definition) is 5. The number of methoxy groups -OCH3 is 1. The van der Waals surface area contributed by atoms with E-state index in [9.17, 15) is 14.4 Å². The topological polar surface area (TPSA) is 89.9 Å². The fraction of sp³-hybridized carbons (Fsp3) is 0.138. The first-order valence-electron chi connectivity index (χ1n) is 11.9. The van der Waals surface area contributed by atoms with Crippen molar-refractivity contribution in [1.82, 2.24) is 9.88 Å². The highest BCUT2D eigenvalue weighted by molar-refractivity contribution is 6.39. The summed E-state index contributed by atoms with van der Waals surface area (Å²) < 4.78 is 13.3. The monoisotopic (exact) mass is 529 g/mol. The van der Waals surface area contributed by atoms with Gasteiger partial charge in [0.25, 0.3) is 11.8 Å². The van der Waals surface area contributed by atoms with E-state index < -0.39 is 17.8 Å². The molecule has 8 nitrogen and oxygen atoms in total. The lowest BCUT2D eigenvalue weighted by Gasteiger charge is -2.26. The van der Waals surface area contributed by atoms with E-state index in [4.69, 9.17) is 21.1 Å². The smallest absolute Gasteiger partial charge is 0.335 e. The third kappa shape index (κ3) is 4.73. The second-order valence-electron chi connectivity index (χ2n) is 8.69. The number of aromatic nitrogens is 1. The standard InChI is InChI=1S/C29H24ClN3O5/c1-18-11-12-20(16-23(18)30)33-28(35)22(27(34)31-29(33)36)15-19-17-32(24-8-4-3-7-21(19)24)13-14-38-26-10-6-5-9-25(26)37-2/h3-12,15-17H,13-14H2,1-2H3,(H,31,34,36). The molecule has 4 aromatic rings. The van der Waals surface area contributed by atoms with Gasteiger partial charge in [-0.3, -0.25) is 14.9 Å². The molecule has 2 heterocycles. The summed E-state index contributed by atoms with van der Waals surface area (Å²) in [6.07, 6.45) is 3.36. The highest BCUT2D eigenvalue weighted by atomic mass is 35.5. The van der Waals surface area contributed by atoms with Crippen molar-refractivity contribution < 1.29 is 23.9 Å². The molecule has 0 bridgehead atoms. The van der Waals surface area contributed by atoms with Crippen molar-refractivity contribution in [2.75, 3.05) is 18.6 Å². The number of carbonyl (C=O) groups excluding carboxylic acids is 3. The molecule has 0 spiro atoms. The Labute approximate surface area is 224 Å². The van der Waals surface area contributed by atoms with Crippen molar-refractivity contribution in [3.8, 4) is 11.5 Å². The van der Waals surface area contributed by atoms with Gasteiger partial charge in [-0.25, -0.2) is 9.69 Å². The number of benzene rings is 3. The van der Waals surface area contributed by atoms with E-state index in [1.807, 2.05) is 66.2 Å². The number of ether oxygens (including phenoxy) is 2. The maximum atomic E-state index is 13.4. The van der Waals surface area contributed by atoms with Gasteiger partial charge in [0, 0.05) is 27.7 Å². The molecule has 192 valence electrons. The van der Waals surface area contributed by atoms with E-state index in [1.54, 1.807) is 19.2 Å². The van der Waals surface area contributed by atoms with Gasteiger partial charge in [-0.2, -0.15) is 0 Å². The first-order chi connectivity index (χ1) is 18.4. The van der Waals surface area contributed by atoms with Gasteiger partial charge in [0.2, 0.25) is 0 Å². The molecule has 3 aromatic carbocycles. The number of halogens is 1. The van der Waals surface area contributed by atoms with Crippen molar-refractivity contribution >= 4 is 52.1 Å². The van der Waals surface area contributed by atoms with E-state index >= 15 is 0 Å². The van der Waals surface area contributed by atoms with E-state index in [2.05, 4.69) is 5.32 Å². The maximum absolute atomic E-state index is 13.4. The predicted octanol–water partition coefficient (Wildman–Crippen LogP) is 5.36. The number of barbiturate groups is 1. The van der Waals surface area contributed by atoms with Crippen LogP contribution in [0, 0.1) is 6.92 Å². The third-order valence-electron chi connectivity index (χ3n) is 6.29. The molecule has 1 fully saturated rings. The molecule has 9 heteroatoms. The van der Waals surface area contributed by atoms with Gasteiger partial charge in [-0.1, -0.05) is 48.0 Å². The number of para-hydroxylation sites is 3. The maximum Gasteiger partial charge on any atom is 0.335 e. The lowest BCUT2D eigenvalue weighted by Crippen LogP contribution is -2.54. The molecule has 5 rings (SSSR count). The SMILES string of the molecule is COc1ccccc1OCCn1cc(C=C2C(=O)NC(=O)N(c3ccc(C)c(Cl)c3)C2=O)c2ccccc21.